The Hall–Kier alpha value is -0.610. The number of likely N-dealkylation sites (N-methyl/N-ethyl adjacent to an activating group) is 1. The highest BCUT2D eigenvalue weighted by atomic mass is 16.5. The summed E-state index contributed by atoms with van der Waals surface area (Å²) in [5, 5.41) is 9.34. The molecule has 1 rings (SSSR count). The number of ether oxygens (including phenoxy) is 1. The molecule has 0 aliphatic heterocycles. The predicted molar refractivity (Wildman–Crippen MR) is 62.5 cm³/mol. The molecule has 0 spiro atoms. The zero-order chi connectivity index (χ0) is 12.2. The van der Waals surface area contributed by atoms with Crippen molar-refractivity contribution in [1.82, 2.24) is 4.90 Å². The Labute approximate surface area is 97.6 Å². The summed E-state index contributed by atoms with van der Waals surface area (Å²) in [6.45, 7) is 3.15. The van der Waals surface area contributed by atoms with Crippen molar-refractivity contribution < 1.29 is 14.6 Å². The molecule has 0 amide bonds. The van der Waals surface area contributed by atoms with Gasteiger partial charge in [-0.05, 0) is 39.2 Å². The first-order valence-electron chi connectivity index (χ1n) is 5.94. The van der Waals surface area contributed by atoms with Crippen LogP contribution in [0.4, 0.5) is 0 Å². The lowest BCUT2D eigenvalue weighted by atomic mass is 9.83. The van der Waals surface area contributed by atoms with E-state index >= 15 is 0 Å². The van der Waals surface area contributed by atoms with Gasteiger partial charge < -0.3 is 9.84 Å². The summed E-state index contributed by atoms with van der Waals surface area (Å²) in [5.41, 5.74) is -0.800. The largest absolute Gasteiger partial charge is 0.480 e. The maximum Gasteiger partial charge on any atom is 0.323 e. The van der Waals surface area contributed by atoms with Gasteiger partial charge in [0.2, 0.25) is 0 Å². The number of carboxylic acids is 1. The Morgan fingerprint density at radius 2 is 2.19 bits per heavy atom. The molecule has 0 bridgehead atoms. The molecule has 0 aromatic heterocycles. The van der Waals surface area contributed by atoms with Crippen LogP contribution in [0.25, 0.3) is 0 Å². The number of carbonyl (C=O) groups is 1. The van der Waals surface area contributed by atoms with Crippen molar-refractivity contribution in [3.63, 3.8) is 0 Å². The van der Waals surface area contributed by atoms with E-state index in [1.165, 1.54) is 19.3 Å². The average Bonchev–Trinajstić information content (AvgIpc) is 2.19. The molecule has 0 aromatic carbocycles. The highest BCUT2D eigenvalue weighted by Gasteiger charge is 2.38. The standard InChI is InChI=1S/C12H23NO3/c1-12(11(14)15,7-8-16-3)13(2)9-10-5-4-6-10/h10H,4-9H2,1-3H3,(H,14,15). The summed E-state index contributed by atoms with van der Waals surface area (Å²) >= 11 is 0. The Kier molecular flexibility index (Phi) is 4.74. The number of methoxy groups -OCH3 is 1. The van der Waals surface area contributed by atoms with E-state index in [1.54, 1.807) is 14.0 Å². The molecule has 1 aliphatic carbocycles. The van der Waals surface area contributed by atoms with E-state index in [0.717, 1.165) is 6.54 Å². The lowest BCUT2D eigenvalue weighted by Gasteiger charge is -2.39. The van der Waals surface area contributed by atoms with Crippen molar-refractivity contribution in [1.29, 1.82) is 0 Å². The maximum absolute atomic E-state index is 11.4. The summed E-state index contributed by atoms with van der Waals surface area (Å²) in [4.78, 5) is 13.3. The molecule has 16 heavy (non-hydrogen) atoms. The molecule has 1 N–H and O–H groups in total. The van der Waals surface area contributed by atoms with Gasteiger partial charge in [-0.25, -0.2) is 0 Å². The SMILES string of the molecule is COCCC(C)(C(=O)O)N(C)CC1CCC1. The third-order valence-electron chi connectivity index (χ3n) is 3.85. The minimum absolute atomic E-state index is 0.484. The highest BCUT2D eigenvalue weighted by Crippen LogP contribution is 2.29. The highest BCUT2D eigenvalue weighted by molar-refractivity contribution is 5.78. The third-order valence-corrected chi connectivity index (χ3v) is 3.85. The summed E-state index contributed by atoms with van der Waals surface area (Å²) < 4.78 is 4.99. The smallest absolute Gasteiger partial charge is 0.323 e. The van der Waals surface area contributed by atoms with E-state index < -0.39 is 11.5 Å². The van der Waals surface area contributed by atoms with E-state index in [2.05, 4.69) is 0 Å². The van der Waals surface area contributed by atoms with E-state index in [0.29, 0.717) is 18.9 Å². The Balaban J connectivity index is 2.55. The van der Waals surface area contributed by atoms with Gasteiger partial charge in [0.25, 0.3) is 0 Å². The Bertz CT molecular complexity index is 240. The molecule has 1 atom stereocenters. The van der Waals surface area contributed by atoms with E-state index in [-0.39, 0.29) is 0 Å². The molecule has 1 unspecified atom stereocenters. The summed E-state index contributed by atoms with van der Waals surface area (Å²) in [6.07, 6.45) is 4.30. The fourth-order valence-electron chi connectivity index (χ4n) is 2.03. The van der Waals surface area contributed by atoms with Crippen LogP contribution >= 0.6 is 0 Å². The molecule has 0 heterocycles. The molecule has 1 aliphatic rings. The molecule has 1 saturated carbocycles. The van der Waals surface area contributed by atoms with Crippen molar-refractivity contribution in [3.05, 3.63) is 0 Å². The first-order chi connectivity index (χ1) is 7.50. The monoisotopic (exact) mass is 229 g/mol. The van der Waals surface area contributed by atoms with Gasteiger partial charge in [0.1, 0.15) is 5.54 Å². The van der Waals surface area contributed by atoms with E-state index in [9.17, 15) is 9.90 Å². The predicted octanol–water partition coefficient (Wildman–Crippen LogP) is 1.60. The van der Waals surface area contributed by atoms with Crippen molar-refractivity contribution in [2.75, 3.05) is 27.3 Å². The first kappa shape index (κ1) is 13.5. The van der Waals surface area contributed by atoms with Crippen molar-refractivity contribution in [2.45, 2.75) is 38.1 Å². The van der Waals surface area contributed by atoms with Gasteiger partial charge in [-0.2, -0.15) is 0 Å². The van der Waals surface area contributed by atoms with Crippen molar-refractivity contribution >= 4 is 5.97 Å². The molecule has 1 fully saturated rings. The second-order valence-corrected chi connectivity index (χ2v) is 5.00. The Morgan fingerprint density at radius 3 is 2.56 bits per heavy atom. The molecular formula is C12H23NO3. The quantitative estimate of drug-likeness (QED) is 0.720. The van der Waals surface area contributed by atoms with Gasteiger partial charge in [-0.3, -0.25) is 9.69 Å². The van der Waals surface area contributed by atoms with Crippen LogP contribution in [-0.4, -0.2) is 48.8 Å². The van der Waals surface area contributed by atoms with Gasteiger partial charge in [0, 0.05) is 20.3 Å². The van der Waals surface area contributed by atoms with Crippen LogP contribution in [0.5, 0.6) is 0 Å². The van der Waals surface area contributed by atoms with Crippen LogP contribution in [0.2, 0.25) is 0 Å². The fourth-order valence-corrected chi connectivity index (χ4v) is 2.03. The molecule has 4 nitrogen and oxygen atoms in total. The average molecular weight is 229 g/mol. The molecule has 0 radical (unpaired) electrons. The topological polar surface area (TPSA) is 49.8 Å². The summed E-state index contributed by atoms with van der Waals surface area (Å²) in [6, 6.07) is 0. The van der Waals surface area contributed by atoms with Crippen LogP contribution in [0.3, 0.4) is 0 Å². The molecule has 94 valence electrons. The molecular weight excluding hydrogens is 206 g/mol. The second kappa shape index (κ2) is 5.64. The number of hydrogen-bond donors (Lipinski definition) is 1. The van der Waals surface area contributed by atoms with Crippen LogP contribution < -0.4 is 0 Å². The normalized spacial score (nSPS) is 20.5. The van der Waals surface area contributed by atoms with Crippen LogP contribution in [0.15, 0.2) is 0 Å². The van der Waals surface area contributed by atoms with Crippen LogP contribution in [0, 0.1) is 5.92 Å². The van der Waals surface area contributed by atoms with Crippen LogP contribution in [0.1, 0.15) is 32.6 Å². The van der Waals surface area contributed by atoms with Crippen molar-refractivity contribution in [2.24, 2.45) is 5.92 Å². The van der Waals surface area contributed by atoms with Gasteiger partial charge in [-0.1, -0.05) is 6.42 Å². The zero-order valence-corrected chi connectivity index (χ0v) is 10.5. The molecule has 4 heteroatoms. The van der Waals surface area contributed by atoms with Gasteiger partial charge in [0.05, 0.1) is 0 Å². The van der Waals surface area contributed by atoms with Gasteiger partial charge in [0.15, 0.2) is 0 Å². The second-order valence-electron chi connectivity index (χ2n) is 5.00. The fraction of sp³-hybridized carbons (Fsp3) is 0.917. The number of rotatable bonds is 7. The first-order valence-corrected chi connectivity index (χ1v) is 5.94. The third kappa shape index (κ3) is 2.95. The van der Waals surface area contributed by atoms with Gasteiger partial charge in [-0.15, -0.1) is 0 Å². The van der Waals surface area contributed by atoms with E-state index in [1.807, 2.05) is 11.9 Å². The molecule has 0 saturated heterocycles. The van der Waals surface area contributed by atoms with E-state index in [4.69, 9.17) is 4.74 Å². The minimum atomic E-state index is -0.800. The zero-order valence-electron chi connectivity index (χ0n) is 10.5. The minimum Gasteiger partial charge on any atom is -0.480 e. The number of aliphatic carboxylic acids is 1. The number of nitrogens with zero attached hydrogens (tertiary/aromatic N) is 1. The number of hydrogen-bond acceptors (Lipinski definition) is 3. The lowest BCUT2D eigenvalue weighted by Crippen LogP contribution is -2.53. The maximum atomic E-state index is 11.4. The summed E-state index contributed by atoms with van der Waals surface area (Å²) in [5.74, 6) is -0.0717. The van der Waals surface area contributed by atoms with Crippen molar-refractivity contribution in [3.8, 4) is 0 Å². The summed E-state index contributed by atoms with van der Waals surface area (Å²) in [7, 11) is 3.51. The Morgan fingerprint density at radius 1 is 1.56 bits per heavy atom. The number of carboxylic acid groups (broad SMARTS) is 1. The lowest BCUT2D eigenvalue weighted by molar-refractivity contribution is -0.151. The molecule has 0 aromatic rings. The van der Waals surface area contributed by atoms with Crippen LogP contribution in [-0.2, 0) is 9.53 Å². The van der Waals surface area contributed by atoms with Gasteiger partial charge >= 0.3 is 5.97 Å².